The molecule has 2 heterocycles. The Balaban J connectivity index is 1.71. The van der Waals surface area contributed by atoms with Crippen molar-refractivity contribution in [2.75, 3.05) is 5.32 Å². The van der Waals surface area contributed by atoms with Gasteiger partial charge in [-0.05, 0) is 56.2 Å². The van der Waals surface area contributed by atoms with Gasteiger partial charge in [0.25, 0.3) is 0 Å². The number of hydrogen-bond acceptors (Lipinski definition) is 3. The second-order valence-electron chi connectivity index (χ2n) is 7.07. The van der Waals surface area contributed by atoms with Crippen molar-refractivity contribution in [2.24, 2.45) is 0 Å². The standard InChI is InChI=1S/C23H22N4O/c1-15-11-16(2)22(17(3)12-15)26-21(28)14-27-20-9-5-4-8-19(20)25-23(27)18-7-6-10-24-13-18/h4-13H,14H2,1-3H3,(H,26,28). The fourth-order valence-electron chi connectivity index (χ4n) is 3.65. The normalized spacial score (nSPS) is 11.0. The molecule has 0 spiro atoms. The summed E-state index contributed by atoms with van der Waals surface area (Å²) < 4.78 is 1.94. The van der Waals surface area contributed by atoms with Crippen LogP contribution in [0.25, 0.3) is 22.4 Å². The quantitative estimate of drug-likeness (QED) is 0.568. The highest BCUT2D eigenvalue weighted by molar-refractivity contribution is 5.94. The van der Waals surface area contributed by atoms with E-state index in [1.165, 1.54) is 5.56 Å². The molecule has 28 heavy (non-hydrogen) atoms. The van der Waals surface area contributed by atoms with Crippen LogP contribution in [0.15, 0.2) is 60.9 Å². The summed E-state index contributed by atoms with van der Waals surface area (Å²) in [6, 6.07) is 15.8. The molecule has 1 amide bonds. The number of benzene rings is 2. The number of rotatable bonds is 4. The van der Waals surface area contributed by atoms with E-state index in [-0.39, 0.29) is 12.5 Å². The summed E-state index contributed by atoms with van der Waals surface area (Å²) in [5, 5.41) is 3.08. The number of nitrogens with zero attached hydrogens (tertiary/aromatic N) is 3. The summed E-state index contributed by atoms with van der Waals surface area (Å²) in [7, 11) is 0. The van der Waals surface area contributed by atoms with Gasteiger partial charge in [-0.15, -0.1) is 0 Å². The van der Waals surface area contributed by atoms with Crippen LogP contribution < -0.4 is 5.32 Å². The average Bonchev–Trinajstić information content (AvgIpc) is 3.04. The van der Waals surface area contributed by atoms with E-state index in [1.54, 1.807) is 12.4 Å². The first kappa shape index (κ1) is 17.9. The molecule has 0 aliphatic carbocycles. The van der Waals surface area contributed by atoms with Crippen molar-refractivity contribution < 1.29 is 4.79 Å². The molecule has 5 nitrogen and oxygen atoms in total. The first-order valence-corrected chi connectivity index (χ1v) is 9.26. The minimum Gasteiger partial charge on any atom is -0.324 e. The monoisotopic (exact) mass is 370 g/mol. The van der Waals surface area contributed by atoms with Gasteiger partial charge in [-0.3, -0.25) is 9.78 Å². The zero-order valence-corrected chi connectivity index (χ0v) is 16.2. The number of amides is 1. The molecule has 0 bridgehead atoms. The van der Waals surface area contributed by atoms with Crippen LogP contribution in [0.2, 0.25) is 0 Å². The van der Waals surface area contributed by atoms with Crippen molar-refractivity contribution in [3.8, 4) is 11.4 Å². The van der Waals surface area contributed by atoms with Crippen molar-refractivity contribution in [1.82, 2.24) is 14.5 Å². The first-order chi connectivity index (χ1) is 13.5. The molecular weight excluding hydrogens is 348 g/mol. The molecule has 1 N–H and O–H groups in total. The lowest BCUT2D eigenvalue weighted by molar-refractivity contribution is -0.116. The molecule has 5 heteroatoms. The summed E-state index contributed by atoms with van der Waals surface area (Å²) >= 11 is 0. The van der Waals surface area contributed by atoms with Crippen molar-refractivity contribution >= 4 is 22.6 Å². The maximum absolute atomic E-state index is 12.9. The van der Waals surface area contributed by atoms with Crippen molar-refractivity contribution in [2.45, 2.75) is 27.3 Å². The minimum atomic E-state index is -0.0802. The third-order valence-electron chi connectivity index (χ3n) is 4.82. The van der Waals surface area contributed by atoms with E-state index in [2.05, 4.69) is 29.4 Å². The highest BCUT2D eigenvalue weighted by atomic mass is 16.1. The molecule has 0 fully saturated rings. The van der Waals surface area contributed by atoms with Crippen LogP contribution >= 0.6 is 0 Å². The topological polar surface area (TPSA) is 59.8 Å². The lowest BCUT2D eigenvalue weighted by Crippen LogP contribution is -2.20. The Morgan fingerprint density at radius 2 is 1.79 bits per heavy atom. The number of aromatic nitrogens is 3. The molecule has 0 aliphatic heterocycles. The molecule has 0 unspecified atom stereocenters. The molecule has 140 valence electrons. The lowest BCUT2D eigenvalue weighted by Gasteiger charge is -2.14. The number of carbonyl (C=O) groups is 1. The Labute approximate surface area is 164 Å². The second-order valence-corrected chi connectivity index (χ2v) is 7.07. The van der Waals surface area contributed by atoms with Crippen LogP contribution in [0.5, 0.6) is 0 Å². The summed E-state index contributed by atoms with van der Waals surface area (Å²) in [6.45, 7) is 6.27. The number of nitrogens with one attached hydrogen (secondary N) is 1. The predicted molar refractivity (Wildman–Crippen MR) is 112 cm³/mol. The molecular formula is C23H22N4O. The number of hydrogen-bond donors (Lipinski definition) is 1. The number of anilines is 1. The highest BCUT2D eigenvalue weighted by Gasteiger charge is 2.16. The summed E-state index contributed by atoms with van der Waals surface area (Å²) in [4.78, 5) is 21.9. The van der Waals surface area contributed by atoms with Crippen LogP contribution in [-0.2, 0) is 11.3 Å². The summed E-state index contributed by atoms with van der Waals surface area (Å²) in [5.74, 6) is 0.658. The van der Waals surface area contributed by atoms with Gasteiger partial charge >= 0.3 is 0 Å². The van der Waals surface area contributed by atoms with Gasteiger partial charge in [0.15, 0.2) is 0 Å². The summed E-state index contributed by atoms with van der Waals surface area (Å²) in [5.41, 5.74) is 6.86. The number of carbonyl (C=O) groups excluding carboxylic acids is 1. The largest absolute Gasteiger partial charge is 0.324 e. The number of imidazole rings is 1. The van der Waals surface area contributed by atoms with Crippen LogP contribution in [0.1, 0.15) is 16.7 Å². The van der Waals surface area contributed by atoms with Crippen molar-refractivity contribution in [1.29, 1.82) is 0 Å². The van der Waals surface area contributed by atoms with Crippen molar-refractivity contribution in [3.63, 3.8) is 0 Å². The van der Waals surface area contributed by atoms with Crippen LogP contribution in [0, 0.1) is 20.8 Å². The fourth-order valence-corrected chi connectivity index (χ4v) is 3.65. The zero-order chi connectivity index (χ0) is 19.7. The zero-order valence-electron chi connectivity index (χ0n) is 16.2. The highest BCUT2D eigenvalue weighted by Crippen LogP contribution is 2.25. The van der Waals surface area contributed by atoms with E-state index in [0.717, 1.165) is 39.2 Å². The van der Waals surface area contributed by atoms with E-state index >= 15 is 0 Å². The third-order valence-corrected chi connectivity index (χ3v) is 4.82. The summed E-state index contributed by atoms with van der Waals surface area (Å²) in [6.07, 6.45) is 3.50. The average molecular weight is 370 g/mol. The molecule has 0 aliphatic rings. The van der Waals surface area contributed by atoms with Gasteiger partial charge in [-0.2, -0.15) is 0 Å². The van der Waals surface area contributed by atoms with E-state index in [0.29, 0.717) is 0 Å². The second kappa shape index (κ2) is 7.27. The van der Waals surface area contributed by atoms with Gasteiger partial charge in [-0.25, -0.2) is 4.98 Å². The van der Waals surface area contributed by atoms with E-state index in [4.69, 9.17) is 4.98 Å². The first-order valence-electron chi connectivity index (χ1n) is 9.26. The molecule has 0 radical (unpaired) electrons. The van der Waals surface area contributed by atoms with Gasteiger partial charge < -0.3 is 9.88 Å². The Morgan fingerprint density at radius 1 is 1.04 bits per heavy atom. The van der Waals surface area contributed by atoms with Gasteiger partial charge in [0.05, 0.1) is 11.0 Å². The number of fused-ring (bicyclic) bond motifs is 1. The van der Waals surface area contributed by atoms with Crippen LogP contribution in [0.4, 0.5) is 5.69 Å². The van der Waals surface area contributed by atoms with Gasteiger partial charge in [0.1, 0.15) is 12.4 Å². The molecule has 0 atom stereocenters. The lowest BCUT2D eigenvalue weighted by atomic mass is 10.1. The van der Waals surface area contributed by atoms with E-state index in [1.807, 2.05) is 54.8 Å². The Morgan fingerprint density at radius 3 is 2.50 bits per heavy atom. The molecule has 2 aromatic carbocycles. The molecule has 2 aromatic heterocycles. The van der Waals surface area contributed by atoms with Gasteiger partial charge in [0, 0.05) is 23.6 Å². The van der Waals surface area contributed by atoms with Crippen LogP contribution in [-0.4, -0.2) is 20.4 Å². The Hall–Kier alpha value is -3.47. The molecule has 4 rings (SSSR count). The number of para-hydroxylation sites is 2. The third kappa shape index (κ3) is 3.39. The number of pyridine rings is 1. The fraction of sp³-hybridized carbons (Fsp3) is 0.174. The van der Waals surface area contributed by atoms with Crippen molar-refractivity contribution in [3.05, 3.63) is 77.6 Å². The van der Waals surface area contributed by atoms with Gasteiger partial charge in [0.2, 0.25) is 5.91 Å². The number of aryl methyl sites for hydroxylation is 3. The predicted octanol–water partition coefficient (Wildman–Crippen LogP) is 4.66. The maximum atomic E-state index is 12.9. The van der Waals surface area contributed by atoms with Crippen LogP contribution in [0.3, 0.4) is 0 Å². The van der Waals surface area contributed by atoms with E-state index in [9.17, 15) is 4.79 Å². The Bertz CT molecular complexity index is 1140. The molecule has 0 saturated carbocycles. The Kier molecular flexibility index (Phi) is 4.65. The molecule has 0 saturated heterocycles. The SMILES string of the molecule is Cc1cc(C)c(NC(=O)Cn2c(-c3cccnc3)nc3ccccc32)c(C)c1. The maximum Gasteiger partial charge on any atom is 0.244 e. The molecule has 4 aromatic rings. The minimum absolute atomic E-state index is 0.0802. The van der Waals surface area contributed by atoms with E-state index < -0.39 is 0 Å². The van der Waals surface area contributed by atoms with Gasteiger partial charge in [-0.1, -0.05) is 29.8 Å². The smallest absolute Gasteiger partial charge is 0.244 e.